The van der Waals surface area contributed by atoms with Crippen LogP contribution in [0.25, 0.3) is 27.4 Å². The van der Waals surface area contributed by atoms with Gasteiger partial charge in [-0.1, -0.05) is 36.4 Å². The van der Waals surface area contributed by atoms with E-state index in [0.29, 0.717) is 33.2 Å². The quantitative estimate of drug-likeness (QED) is 0.598. The van der Waals surface area contributed by atoms with Gasteiger partial charge in [-0.25, -0.2) is 0 Å². The van der Waals surface area contributed by atoms with Gasteiger partial charge in [0.2, 0.25) is 0 Å². The first-order chi connectivity index (χ1) is 12.7. The molecule has 0 unspecified atom stereocenters. The van der Waals surface area contributed by atoms with Gasteiger partial charge in [0.25, 0.3) is 5.56 Å². The van der Waals surface area contributed by atoms with E-state index in [1.807, 2.05) is 37.3 Å². The van der Waals surface area contributed by atoms with E-state index in [9.17, 15) is 15.0 Å². The Morgan fingerprint density at radius 3 is 2.46 bits per heavy atom. The van der Waals surface area contributed by atoms with Crippen molar-refractivity contribution >= 4 is 21.7 Å². The van der Waals surface area contributed by atoms with Crippen molar-refractivity contribution < 1.29 is 10.2 Å². The number of rotatable bonds is 3. The molecular weight excluding hydrogens is 328 g/mol. The number of benzene rings is 2. The predicted molar refractivity (Wildman–Crippen MR) is 101 cm³/mol. The normalized spacial score (nSPS) is 11.3. The van der Waals surface area contributed by atoms with Crippen molar-refractivity contribution in [3.63, 3.8) is 0 Å². The molecule has 0 fully saturated rings. The number of aromatic nitrogens is 2. The minimum Gasteiger partial charge on any atom is -0.392 e. The van der Waals surface area contributed by atoms with E-state index in [2.05, 4.69) is 4.98 Å². The molecule has 2 N–H and O–H groups in total. The molecule has 5 nitrogen and oxygen atoms in total. The second-order valence-corrected chi connectivity index (χ2v) is 6.23. The summed E-state index contributed by atoms with van der Waals surface area (Å²) in [5.41, 5.74) is 2.89. The predicted octanol–water partition coefficient (Wildman–Crippen LogP) is 2.83. The van der Waals surface area contributed by atoms with E-state index in [0.717, 1.165) is 10.9 Å². The number of hydrogen-bond donors (Lipinski definition) is 2. The highest BCUT2D eigenvalue weighted by molar-refractivity contribution is 5.90. The van der Waals surface area contributed by atoms with Crippen LogP contribution < -0.4 is 5.56 Å². The minimum atomic E-state index is -0.362. The average molecular weight is 346 g/mol. The summed E-state index contributed by atoms with van der Waals surface area (Å²) in [6.45, 7) is 1.28. The topological polar surface area (TPSA) is 75.3 Å². The van der Waals surface area contributed by atoms with Crippen LogP contribution in [0.2, 0.25) is 0 Å². The Kier molecular flexibility index (Phi) is 4.03. The number of aliphatic hydroxyl groups is 2. The highest BCUT2D eigenvalue weighted by Crippen LogP contribution is 2.28. The average Bonchev–Trinajstić information content (AvgIpc) is 2.68. The van der Waals surface area contributed by atoms with E-state index in [1.165, 1.54) is 4.57 Å². The molecule has 2 aromatic carbocycles. The number of aryl methyl sites for hydroxylation is 1. The molecule has 0 aliphatic carbocycles. The molecule has 5 heteroatoms. The van der Waals surface area contributed by atoms with E-state index in [-0.39, 0.29) is 18.8 Å². The lowest BCUT2D eigenvalue weighted by Gasteiger charge is -2.20. The molecule has 130 valence electrons. The van der Waals surface area contributed by atoms with Crippen LogP contribution in [0.4, 0.5) is 0 Å². The van der Waals surface area contributed by atoms with Gasteiger partial charge in [-0.05, 0) is 30.0 Å². The summed E-state index contributed by atoms with van der Waals surface area (Å²) in [6.07, 6.45) is 1.68. The zero-order valence-corrected chi connectivity index (χ0v) is 14.3. The molecule has 2 aromatic heterocycles. The molecule has 0 saturated carbocycles. The maximum absolute atomic E-state index is 13.3. The molecule has 0 aliphatic heterocycles. The Morgan fingerprint density at radius 2 is 1.73 bits per heavy atom. The van der Waals surface area contributed by atoms with Crippen molar-refractivity contribution in [3.05, 3.63) is 81.9 Å². The molecule has 4 rings (SSSR count). The van der Waals surface area contributed by atoms with Gasteiger partial charge in [0.05, 0.1) is 30.1 Å². The first kappa shape index (κ1) is 16.4. The van der Waals surface area contributed by atoms with Gasteiger partial charge in [-0.2, -0.15) is 0 Å². The standard InChI is InChI=1S/C21H18N2O3/c1-13-8-9-14-5-4-10-22-19(14)20(13)23-18(12-25)17(11-24)15-6-2-3-7-16(15)21(23)26/h2-10,24-25H,11-12H2,1H3. The van der Waals surface area contributed by atoms with Gasteiger partial charge in [0.15, 0.2) is 0 Å². The first-order valence-corrected chi connectivity index (χ1v) is 8.39. The lowest BCUT2D eigenvalue weighted by molar-refractivity contribution is 0.254. The molecule has 4 aromatic rings. The maximum atomic E-state index is 13.3. The molecule has 26 heavy (non-hydrogen) atoms. The lowest BCUT2D eigenvalue weighted by Crippen LogP contribution is -2.25. The van der Waals surface area contributed by atoms with Crippen LogP contribution in [0.5, 0.6) is 0 Å². The number of fused-ring (bicyclic) bond motifs is 2. The Bertz CT molecular complexity index is 1200. The SMILES string of the molecule is Cc1ccc2cccnc2c1-n1c(CO)c(CO)c2ccccc2c1=O. The summed E-state index contributed by atoms with van der Waals surface area (Å²) in [7, 11) is 0. The molecular formula is C21H18N2O3. The molecule has 0 amide bonds. The number of pyridine rings is 2. The summed E-state index contributed by atoms with van der Waals surface area (Å²) in [6, 6.07) is 14.8. The lowest BCUT2D eigenvalue weighted by atomic mass is 10.0. The van der Waals surface area contributed by atoms with Crippen molar-refractivity contribution in [1.82, 2.24) is 9.55 Å². The van der Waals surface area contributed by atoms with Crippen LogP contribution in [-0.2, 0) is 13.2 Å². The third-order valence-electron chi connectivity index (χ3n) is 4.79. The van der Waals surface area contributed by atoms with Gasteiger partial charge in [0.1, 0.15) is 0 Å². The summed E-state index contributed by atoms with van der Waals surface area (Å²) in [5, 5.41) is 22.1. The summed E-state index contributed by atoms with van der Waals surface area (Å²) in [5.74, 6) is 0. The Balaban J connectivity index is 2.26. The molecule has 0 radical (unpaired) electrons. The van der Waals surface area contributed by atoms with Crippen LogP contribution in [0, 0.1) is 6.92 Å². The second-order valence-electron chi connectivity index (χ2n) is 6.23. The van der Waals surface area contributed by atoms with Gasteiger partial charge in [-0.3, -0.25) is 14.3 Å². The van der Waals surface area contributed by atoms with Crippen molar-refractivity contribution in [1.29, 1.82) is 0 Å². The van der Waals surface area contributed by atoms with E-state index in [1.54, 1.807) is 24.4 Å². The smallest absolute Gasteiger partial charge is 0.263 e. The molecule has 2 heterocycles. The van der Waals surface area contributed by atoms with Crippen LogP contribution in [-0.4, -0.2) is 19.8 Å². The second kappa shape index (κ2) is 6.37. The fourth-order valence-corrected chi connectivity index (χ4v) is 3.56. The Hall–Kier alpha value is -3.02. The Labute approximate surface area is 149 Å². The maximum Gasteiger partial charge on any atom is 0.263 e. The molecule has 0 bridgehead atoms. The van der Waals surface area contributed by atoms with Crippen molar-refractivity contribution in [2.24, 2.45) is 0 Å². The number of hydrogen-bond acceptors (Lipinski definition) is 4. The van der Waals surface area contributed by atoms with Gasteiger partial charge in [-0.15, -0.1) is 0 Å². The van der Waals surface area contributed by atoms with Crippen LogP contribution in [0.1, 0.15) is 16.8 Å². The number of nitrogens with zero attached hydrogens (tertiary/aromatic N) is 2. The summed E-state index contributed by atoms with van der Waals surface area (Å²) in [4.78, 5) is 17.8. The van der Waals surface area contributed by atoms with E-state index in [4.69, 9.17) is 0 Å². The van der Waals surface area contributed by atoms with Gasteiger partial charge >= 0.3 is 0 Å². The Morgan fingerprint density at radius 1 is 0.962 bits per heavy atom. The number of aliphatic hydroxyl groups excluding tert-OH is 2. The third kappa shape index (κ3) is 2.33. The highest BCUT2D eigenvalue weighted by atomic mass is 16.3. The minimum absolute atomic E-state index is 0.233. The fraction of sp³-hybridized carbons (Fsp3) is 0.143. The largest absolute Gasteiger partial charge is 0.392 e. The van der Waals surface area contributed by atoms with Crippen LogP contribution in [0.3, 0.4) is 0 Å². The summed E-state index contributed by atoms with van der Waals surface area (Å²) < 4.78 is 1.50. The highest BCUT2D eigenvalue weighted by Gasteiger charge is 2.19. The van der Waals surface area contributed by atoms with Crippen molar-refractivity contribution in [3.8, 4) is 5.69 Å². The fourth-order valence-electron chi connectivity index (χ4n) is 3.56. The molecule has 0 atom stereocenters. The van der Waals surface area contributed by atoms with Crippen LogP contribution in [0.15, 0.2) is 59.5 Å². The molecule has 0 spiro atoms. The first-order valence-electron chi connectivity index (χ1n) is 8.39. The zero-order valence-electron chi connectivity index (χ0n) is 14.3. The molecule has 0 aliphatic rings. The van der Waals surface area contributed by atoms with Gasteiger partial charge < -0.3 is 10.2 Å². The van der Waals surface area contributed by atoms with Crippen molar-refractivity contribution in [2.75, 3.05) is 0 Å². The van der Waals surface area contributed by atoms with Crippen molar-refractivity contribution in [2.45, 2.75) is 20.1 Å². The van der Waals surface area contributed by atoms with E-state index >= 15 is 0 Å². The van der Waals surface area contributed by atoms with Gasteiger partial charge in [0, 0.05) is 22.5 Å². The monoisotopic (exact) mass is 346 g/mol. The van der Waals surface area contributed by atoms with Crippen LogP contribution >= 0.6 is 0 Å². The summed E-state index contributed by atoms with van der Waals surface area (Å²) >= 11 is 0. The van der Waals surface area contributed by atoms with E-state index < -0.39 is 0 Å². The molecule has 0 saturated heterocycles. The third-order valence-corrected chi connectivity index (χ3v) is 4.79. The zero-order chi connectivity index (χ0) is 18.3.